The van der Waals surface area contributed by atoms with E-state index in [0.29, 0.717) is 27.0 Å². The van der Waals surface area contributed by atoms with Gasteiger partial charge in [0, 0.05) is 10.2 Å². The van der Waals surface area contributed by atoms with Gasteiger partial charge in [-0.3, -0.25) is 10.1 Å². The molecule has 0 aliphatic heterocycles. The number of nitrogens with one attached hydrogen (secondary N) is 2. The highest BCUT2D eigenvalue weighted by atomic mass is 79.9. The molecular formula is C23H19BrCl2N2O2S. The second kappa shape index (κ2) is 10.0. The van der Waals surface area contributed by atoms with Crippen molar-refractivity contribution in [3.63, 3.8) is 0 Å². The summed E-state index contributed by atoms with van der Waals surface area (Å²) in [5.41, 5.74) is 3.56. The number of hydrogen-bond acceptors (Lipinski definition) is 3. The Hall–Kier alpha value is -2.12. The van der Waals surface area contributed by atoms with Crippen LogP contribution in [0, 0.1) is 20.8 Å². The maximum atomic E-state index is 12.4. The predicted octanol–water partition coefficient (Wildman–Crippen LogP) is 7.60. The molecule has 31 heavy (non-hydrogen) atoms. The number of rotatable bonds is 4. The molecule has 0 aromatic heterocycles. The molecule has 3 aromatic rings. The van der Waals surface area contributed by atoms with Crippen molar-refractivity contribution in [3.05, 3.63) is 85.3 Å². The second-order valence-electron chi connectivity index (χ2n) is 6.91. The van der Waals surface area contributed by atoms with E-state index in [1.54, 1.807) is 24.3 Å². The highest BCUT2D eigenvalue weighted by molar-refractivity contribution is 9.10. The molecule has 8 heteroatoms. The summed E-state index contributed by atoms with van der Waals surface area (Å²) in [5, 5.41) is 6.62. The summed E-state index contributed by atoms with van der Waals surface area (Å²) in [6.07, 6.45) is 0. The third-order valence-electron chi connectivity index (χ3n) is 4.59. The Bertz CT molecular complexity index is 1180. The number of aryl methyl sites for hydroxylation is 2. The van der Waals surface area contributed by atoms with Crippen molar-refractivity contribution < 1.29 is 9.53 Å². The lowest BCUT2D eigenvalue weighted by Gasteiger charge is -2.18. The summed E-state index contributed by atoms with van der Waals surface area (Å²) < 4.78 is 7.08. The summed E-state index contributed by atoms with van der Waals surface area (Å²) in [4.78, 5) is 12.4. The van der Waals surface area contributed by atoms with Crippen molar-refractivity contribution in [2.75, 3.05) is 5.32 Å². The maximum Gasteiger partial charge on any atom is 0.258 e. The van der Waals surface area contributed by atoms with Crippen molar-refractivity contribution >= 4 is 68.1 Å². The van der Waals surface area contributed by atoms with E-state index < -0.39 is 5.91 Å². The smallest absolute Gasteiger partial charge is 0.258 e. The molecule has 0 atom stereocenters. The van der Waals surface area contributed by atoms with Crippen LogP contribution in [0.4, 0.5) is 5.69 Å². The van der Waals surface area contributed by atoms with E-state index in [9.17, 15) is 4.79 Å². The number of halogens is 3. The molecule has 3 aromatic carbocycles. The van der Waals surface area contributed by atoms with Crippen LogP contribution >= 0.6 is 51.3 Å². The first-order chi connectivity index (χ1) is 14.7. The molecule has 0 saturated carbocycles. The zero-order valence-electron chi connectivity index (χ0n) is 17.0. The Morgan fingerprint density at radius 1 is 1.03 bits per heavy atom. The summed E-state index contributed by atoms with van der Waals surface area (Å²) in [7, 11) is 0. The Morgan fingerprint density at radius 3 is 2.42 bits per heavy atom. The first-order valence-electron chi connectivity index (χ1n) is 9.28. The number of thiocarbonyl (C=S) groups is 1. The van der Waals surface area contributed by atoms with Gasteiger partial charge < -0.3 is 10.1 Å². The third kappa shape index (κ3) is 5.57. The number of carbonyl (C=O) groups excluding carboxylic acids is 1. The van der Waals surface area contributed by atoms with Crippen LogP contribution in [0.1, 0.15) is 27.0 Å². The minimum atomic E-state index is -0.394. The number of hydrogen-bond donors (Lipinski definition) is 2. The van der Waals surface area contributed by atoms with Gasteiger partial charge in [0.15, 0.2) is 5.11 Å². The van der Waals surface area contributed by atoms with Crippen LogP contribution in [0.25, 0.3) is 0 Å². The van der Waals surface area contributed by atoms with Crippen LogP contribution in [0.15, 0.2) is 53.0 Å². The van der Waals surface area contributed by atoms with Crippen LogP contribution in [-0.2, 0) is 0 Å². The molecule has 0 radical (unpaired) electrons. The van der Waals surface area contributed by atoms with Gasteiger partial charge >= 0.3 is 0 Å². The molecule has 2 N–H and O–H groups in total. The number of ether oxygens (including phenoxy) is 1. The number of amides is 1. The summed E-state index contributed by atoms with van der Waals surface area (Å²) in [6.45, 7) is 5.71. The molecule has 0 heterocycles. The fraction of sp³-hybridized carbons (Fsp3) is 0.130. The number of carbonyl (C=O) groups is 1. The number of anilines is 1. The monoisotopic (exact) mass is 536 g/mol. The molecule has 4 nitrogen and oxygen atoms in total. The Balaban J connectivity index is 1.79. The molecule has 3 rings (SSSR count). The lowest BCUT2D eigenvalue weighted by molar-refractivity contribution is 0.0978. The van der Waals surface area contributed by atoms with E-state index in [-0.39, 0.29) is 5.11 Å². The third-order valence-corrected chi connectivity index (χ3v) is 6.08. The lowest BCUT2D eigenvalue weighted by atomic mass is 10.1. The van der Waals surface area contributed by atoms with E-state index >= 15 is 0 Å². The van der Waals surface area contributed by atoms with Gasteiger partial charge in [-0.2, -0.15) is 0 Å². The number of benzene rings is 3. The van der Waals surface area contributed by atoms with Crippen LogP contribution < -0.4 is 15.4 Å². The van der Waals surface area contributed by atoms with Crippen LogP contribution in [0.2, 0.25) is 10.0 Å². The highest BCUT2D eigenvalue weighted by Gasteiger charge is 2.17. The minimum Gasteiger partial charge on any atom is -0.455 e. The van der Waals surface area contributed by atoms with Crippen molar-refractivity contribution in [1.29, 1.82) is 0 Å². The maximum absolute atomic E-state index is 12.4. The molecule has 0 aliphatic carbocycles. The van der Waals surface area contributed by atoms with Gasteiger partial charge in [0.25, 0.3) is 5.91 Å². The van der Waals surface area contributed by atoms with Crippen molar-refractivity contribution in [3.8, 4) is 11.5 Å². The van der Waals surface area contributed by atoms with Gasteiger partial charge in [-0.15, -0.1) is 0 Å². The van der Waals surface area contributed by atoms with Gasteiger partial charge in [-0.1, -0.05) is 51.3 Å². The summed E-state index contributed by atoms with van der Waals surface area (Å²) in [5.74, 6) is 0.895. The fourth-order valence-electron chi connectivity index (χ4n) is 2.91. The SMILES string of the molecule is Cc1cc(Br)ccc1Oc1c(C)cc(NC(=S)NC(=O)c2ccccc2Cl)c(C)c1Cl. The van der Waals surface area contributed by atoms with E-state index in [1.807, 2.05) is 45.0 Å². The van der Waals surface area contributed by atoms with Gasteiger partial charge in [0.1, 0.15) is 11.5 Å². The largest absolute Gasteiger partial charge is 0.455 e. The van der Waals surface area contributed by atoms with E-state index in [1.165, 1.54) is 0 Å². The minimum absolute atomic E-state index is 0.140. The fourth-order valence-corrected chi connectivity index (χ4v) is 4.10. The molecule has 0 fully saturated rings. The van der Waals surface area contributed by atoms with Gasteiger partial charge in [-0.05, 0) is 86.1 Å². The zero-order chi connectivity index (χ0) is 22.7. The highest BCUT2D eigenvalue weighted by Crippen LogP contribution is 2.40. The zero-order valence-corrected chi connectivity index (χ0v) is 20.9. The standard InChI is InChI=1S/C23H19BrCl2N2O2S/c1-12-10-15(24)8-9-19(12)30-21-13(2)11-18(14(3)20(21)26)27-23(31)28-22(29)16-6-4-5-7-17(16)25/h4-11H,1-3H3,(H2,27,28,29,31). The molecule has 0 spiro atoms. The van der Waals surface area contributed by atoms with E-state index in [2.05, 4.69) is 26.6 Å². The molecule has 0 aliphatic rings. The Morgan fingerprint density at radius 2 is 1.74 bits per heavy atom. The van der Waals surface area contributed by atoms with Gasteiger partial charge in [0.2, 0.25) is 0 Å². The van der Waals surface area contributed by atoms with Crippen molar-refractivity contribution in [2.45, 2.75) is 20.8 Å². The molecule has 0 bridgehead atoms. The van der Waals surface area contributed by atoms with Crippen LogP contribution in [-0.4, -0.2) is 11.0 Å². The molecule has 1 amide bonds. The summed E-state index contributed by atoms with van der Waals surface area (Å²) >= 11 is 21.5. The molecular weight excluding hydrogens is 519 g/mol. The van der Waals surface area contributed by atoms with Crippen molar-refractivity contribution in [1.82, 2.24) is 5.32 Å². The molecule has 160 valence electrons. The summed E-state index contributed by atoms with van der Waals surface area (Å²) in [6, 6.07) is 14.4. The predicted molar refractivity (Wildman–Crippen MR) is 135 cm³/mol. The molecule has 0 saturated heterocycles. The quantitative estimate of drug-likeness (QED) is 0.336. The average Bonchev–Trinajstić information content (AvgIpc) is 2.70. The van der Waals surface area contributed by atoms with Crippen LogP contribution in [0.3, 0.4) is 0 Å². The van der Waals surface area contributed by atoms with Crippen LogP contribution in [0.5, 0.6) is 11.5 Å². The molecule has 0 unspecified atom stereocenters. The Labute approximate surface area is 205 Å². The average molecular weight is 538 g/mol. The topological polar surface area (TPSA) is 50.4 Å². The first-order valence-corrected chi connectivity index (χ1v) is 11.2. The van der Waals surface area contributed by atoms with Crippen molar-refractivity contribution in [2.24, 2.45) is 0 Å². The Kier molecular flexibility index (Phi) is 7.59. The first kappa shape index (κ1) is 23.5. The normalized spacial score (nSPS) is 10.5. The van der Waals surface area contributed by atoms with E-state index in [0.717, 1.165) is 26.9 Å². The van der Waals surface area contributed by atoms with Gasteiger partial charge in [0.05, 0.1) is 15.6 Å². The second-order valence-corrected chi connectivity index (χ2v) is 9.02. The lowest BCUT2D eigenvalue weighted by Crippen LogP contribution is -2.34. The van der Waals surface area contributed by atoms with Gasteiger partial charge in [-0.25, -0.2) is 0 Å². The van der Waals surface area contributed by atoms with E-state index in [4.69, 9.17) is 40.2 Å².